The molecule has 0 saturated heterocycles. The molecule has 0 aromatic heterocycles. The zero-order valence-electron chi connectivity index (χ0n) is 13.5. The van der Waals surface area contributed by atoms with Gasteiger partial charge in [0.2, 0.25) is 0 Å². The Hall–Kier alpha value is -1.90. The lowest BCUT2D eigenvalue weighted by Gasteiger charge is -2.06. The third-order valence-corrected chi connectivity index (χ3v) is 10.7. The zero-order chi connectivity index (χ0) is 17.7. The van der Waals surface area contributed by atoms with Gasteiger partial charge in [-0.1, -0.05) is 36.4 Å². The van der Waals surface area contributed by atoms with Crippen LogP contribution in [0.3, 0.4) is 0 Å². The molecule has 4 nitrogen and oxygen atoms in total. The second-order valence-corrected chi connectivity index (χ2v) is 11.5. The molecule has 0 aliphatic carbocycles. The molecule has 0 unspecified atom stereocenters. The maximum Gasteiger partial charge on any atom is 0.336 e. The third-order valence-electron chi connectivity index (χ3n) is 3.36. The highest BCUT2D eigenvalue weighted by Crippen LogP contribution is 2.15. The minimum absolute atomic E-state index is 0.127. The monoisotopic (exact) mass is 468 g/mol. The third kappa shape index (κ3) is 4.39. The summed E-state index contributed by atoms with van der Waals surface area (Å²) in [5, 5.41) is 0. The molecule has 6 heteroatoms. The van der Waals surface area contributed by atoms with Gasteiger partial charge in [-0.3, -0.25) is 0 Å². The average Bonchev–Trinajstić information content (AvgIpc) is 2.67. The molecule has 129 valence electrons. The molecule has 25 heavy (non-hydrogen) atoms. The molecule has 0 fully saturated rings. The molecule has 3 aromatic rings. The van der Waals surface area contributed by atoms with E-state index >= 15 is 0 Å². The van der Waals surface area contributed by atoms with E-state index in [9.17, 15) is 8.42 Å². The molecule has 0 aliphatic rings. The van der Waals surface area contributed by atoms with E-state index in [4.69, 9.17) is 7.25 Å². The minimum atomic E-state index is -3.87. The standard InChI is InChI=1S/C19H17IO4S/c1-23-18-12-14-19(15-13-18)25(21,22)24-20(16-8-4-2-5-9-16)17-10-6-3-7-11-17/h2-15H,1H3/q+1. The summed E-state index contributed by atoms with van der Waals surface area (Å²) in [5.41, 5.74) is 0. The first-order valence-corrected chi connectivity index (χ1v) is 11.9. The maximum atomic E-state index is 12.8. The summed E-state index contributed by atoms with van der Waals surface area (Å²) >= 11 is -2.60. The molecule has 3 aromatic carbocycles. The van der Waals surface area contributed by atoms with Gasteiger partial charge in [-0.2, -0.15) is 8.42 Å². The van der Waals surface area contributed by atoms with Crippen LogP contribution in [0.25, 0.3) is 0 Å². The van der Waals surface area contributed by atoms with Crippen LogP contribution < -0.4 is 25.0 Å². The van der Waals surface area contributed by atoms with Crippen molar-refractivity contribution < 1.29 is 35.9 Å². The van der Waals surface area contributed by atoms with E-state index < -0.39 is 30.4 Å². The Morgan fingerprint density at radius 1 is 0.720 bits per heavy atom. The van der Waals surface area contributed by atoms with E-state index in [-0.39, 0.29) is 4.90 Å². The Morgan fingerprint density at radius 3 is 1.64 bits per heavy atom. The summed E-state index contributed by atoms with van der Waals surface area (Å²) in [6, 6.07) is 25.3. The van der Waals surface area contributed by atoms with Gasteiger partial charge < -0.3 is 4.74 Å². The number of hydrogen-bond donors (Lipinski definition) is 0. The molecule has 0 aliphatic heterocycles. The van der Waals surface area contributed by atoms with Crippen LogP contribution in [0.1, 0.15) is 0 Å². The molecule has 0 amide bonds. The second-order valence-electron chi connectivity index (χ2n) is 5.03. The van der Waals surface area contributed by atoms with Crippen LogP contribution in [-0.4, -0.2) is 15.5 Å². The fourth-order valence-corrected chi connectivity index (χ4v) is 9.12. The normalized spacial score (nSPS) is 11.4. The summed E-state index contributed by atoms with van der Waals surface area (Å²) in [6.07, 6.45) is 0. The van der Waals surface area contributed by atoms with E-state index in [1.807, 2.05) is 60.7 Å². The predicted molar refractivity (Wildman–Crippen MR) is 91.5 cm³/mol. The fraction of sp³-hybridized carbons (Fsp3) is 0.0526. The Morgan fingerprint density at radius 2 is 1.20 bits per heavy atom. The predicted octanol–water partition coefficient (Wildman–Crippen LogP) is 0.680. The molecular weight excluding hydrogens is 451 g/mol. The lowest BCUT2D eigenvalue weighted by Crippen LogP contribution is -3.85. The Balaban J connectivity index is 1.97. The summed E-state index contributed by atoms with van der Waals surface area (Å²) < 4.78 is 38.2. The van der Waals surface area contributed by atoms with Crippen molar-refractivity contribution in [3.63, 3.8) is 0 Å². The van der Waals surface area contributed by atoms with E-state index in [0.717, 1.165) is 7.14 Å². The average molecular weight is 468 g/mol. The van der Waals surface area contributed by atoms with Gasteiger partial charge in [0.1, 0.15) is 5.75 Å². The topological polar surface area (TPSA) is 52.6 Å². The van der Waals surface area contributed by atoms with Gasteiger partial charge in [-0.05, 0) is 51.0 Å². The molecule has 0 heterocycles. The number of hydrogen-bond acceptors (Lipinski definition) is 4. The Labute approximate surface area is 155 Å². The number of rotatable bonds is 6. The van der Waals surface area contributed by atoms with Crippen molar-refractivity contribution in [2.75, 3.05) is 7.11 Å². The van der Waals surface area contributed by atoms with Gasteiger partial charge in [0.25, 0.3) is 0 Å². The van der Waals surface area contributed by atoms with Gasteiger partial charge in [0, 0.05) is 0 Å². The first-order valence-electron chi connectivity index (χ1n) is 7.49. The molecule has 0 spiro atoms. The highest BCUT2D eigenvalue weighted by molar-refractivity contribution is 7.86. The van der Waals surface area contributed by atoms with Crippen LogP contribution in [-0.2, 0) is 12.6 Å². The lowest BCUT2D eigenvalue weighted by molar-refractivity contribution is -1.03. The lowest BCUT2D eigenvalue weighted by atomic mass is 10.3. The Bertz CT molecular complexity index is 871. The molecule has 0 saturated carbocycles. The van der Waals surface area contributed by atoms with Crippen LogP contribution in [0.2, 0.25) is 0 Å². The van der Waals surface area contributed by atoms with Crippen molar-refractivity contribution in [2.45, 2.75) is 4.90 Å². The second kappa shape index (κ2) is 7.99. The van der Waals surface area contributed by atoms with Crippen molar-refractivity contribution in [2.24, 2.45) is 0 Å². The van der Waals surface area contributed by atoms with E-state index in [1.54, 1.807) is 12.1 Å². The molecule has 0 N–H and O–H groups in total. The molecule has 0 bridgehead atoms. The van der Waals surface area contributed by atoms with Crippen LogP contribution in [0.15, 0.2) is 89.8 Å². The maximum absolute atomic E-state index is 12.8. The smallest absolute Gasteiger partial charge is 0.336 e. The molecule has 1 radical (unpaired) electrons. The number of halogens is 1. The number of ether oxygens (including phenoxy) is 1. The highest BCUT2D eigenvalue weighted by Gasteiger charge is 2.37. The van der Waals surface area contributed by atoms with Gasteiger partial charge in [-0.25, -0.2) is 0 Å². The fourth-order valence-electron chi connectivity index (χ4n) is 2.12. The number of methoxy groups -OCH3 is 1. The SMILES string of the molecule is COc1ccc(S(=O)(=O)O[I+](c2ccccc2)c2ccccc2)cc1. The van der Waals surface area contributed by atoms with Crippen molar-refractivity contribution >= 4 is 10.1 Å². The Kier molecular flexibility index (Phi) is 5.72. The van der Waals surface area contributed by atoms with Gasteiger partial charge in [-0.15, -0.1) is 0 Å². The van der Waals surface area contributed by atoms with Crippen molar-refractivity contribution in [1.82, 2.24) is 0 Å². The van der Waals surface area contributed by atoms with E-state index in [1.165, 1.54) is 19.2 Å². The number of benzene rings is 3. The van der Waals surface area contributed by atoms with E-state index in [0.29, 0.717) is 5.75 Å². The van der Waals surface area contributed by atoms with Crippen LogP contribution >= 0.6 is 0 Å². The molecule has 0 atom stereocenters. The quantitative estimate of drug-likeness (QED) is 0.500. The van der Waals surface area contributed by atoms with Gasteiger partial charge in [0.05, 0.1) is 12.0 Å². The highest BCUT2D eigenvalue weighted by atomic mass is 127. The molecular formula is C19H17IO4S+. The largest absolute Gasteiger partial charge is 0.497 e. The summed E-state index contributed by atoms with van der Waals surface area (Å²) in [5.74, 6) is 0.598. The summed E-state index contributed by atoms with van der Waals surface area (Å²) in [7, 11) is -2.33. The zero-order valence-corrected chi connectivity index (χ0v) is 16.5. The van der Waals surface area contributed by atoms with Gasteiger partial charge >= 0.3 is 30.4 Å². The first-order chi connectivity index (χ1) is 12.1. The summed E-state index contributed by atoms with van der Waals surface area (Å²) in [6.45, 7) is 0. The van der Waals surface area contributed by atoms with Crippen molar-refractivity contribution in [1.29, 1.82) is 0 Å². The minimum Gasteiger partial charge on any atom is -0.497 e. The van der Waals surface area contributed by atoms with E-state index in [2.05, 4.69) is 0 Å². The van der Waals surface area contributed by atoms with Crippen molar-refractivity contribution in [3.05, 3.63) is 92.1 Å². The summed E-state index contributed by atoms with van der Waals surface area (Å²) in [4.78, 5) is 0.127. The van der Waals surface area contributed by atoms with Crippen LogP contribution in [0.4, 0.5) is 0 Å². The van der Waals surface area contributed by atoms with Gasteiger partial charge in [0.15, 0.2) is 7.14 Å². The molecule has 3 rings (SSSR count). The van der Waals surface area contributed by atoms with Crippen molar-refractivity contribution in [3.8, 4) is 5.75 Å². The van der Waals surface area contributed by atoms with Crippen LogP contribution in [0, 0.1) is 7.14 Å². The first kappa shape index (κ1) is 17.9. The van der Waals surface area contributed by atoms with Crippen LogP contribution in [0.5, 0.6) is 5.75 Å².